The minimum Gasteiger partial charge on any atom is -0.352 e. The molecule has 0 saturated heterocycles. The molecule has 0 aromatic rings. The Labute approximate surface area is 85.5 Å². The molecule has 0 aromatic carbocycles. The predicted octanol–water partition coefficient (Wildman–Crippen LogP) is 1.45. The van der Waals surface area contributed by atoms with Crippen molar-refractivity contribution in [3.63, 3.8) is 0 Å². The summed E-state index contributed by atoms with van der Waals surface area (Å²) in [5.41, 5.74) is 0. The molecule has 0 fully saturated rings. The number of terminal acetylenes is 1. The maximum absolute atomic E-state index is 11.4. The van der Waals surface area contributed by atoms with E-state index in [9.17, 15) is 4.79 Å². The molecular weight excluding hydrogens is 176 g/mol. The zero-order valence-electron chi connectivity index (χ0n) is 8.71. The molecule has 0 aliphatic heterocycles. The van der Waals surface area contributed by atoms with Gasteiger partial charge in [-0.25, -0.2) is 0 Å². The van der Waals surface area contributed by atoms with E-state index in [1.54, 1.807) is 0 Å². The number of hydrogen-bond donors (Lipinski definition) is 1. The summed E-state index contributed by atoms with van der Waals surface area (Å²) in [7, 11) is 0. The largest absolute Gasteiger partial charge is 0.352 e. The van der Waals surface area contributed by atoms with Crippen molar-refractivity contribution < 1.29 is 4.79 Å². The van der Waals surface area contributed by atoms with Crippen molar-refractivity contribution in [2.75, 3.05) is 0 Å². The Hall–Kier alpha value is -1.48. The molecule has 0 aliphatic carbocycles. The highest BCUT2D eigenvalue weighted by molar-refractivity contribution is 5.81. The predicted molar refractivity (Wildman–Crippen MR) is 55.1 cm³/mol. The van der Waals surface area contributed by atoms with Gasteiger partial charge in [-0.05, 0) is 13.3 Å². The summed E-state index contributed by atoms with van der Waals surface area (Å²) in [5.74, 6) is 1.71. The molecule has 76 valence electrons. The maximum Gasteiger partial charge on any atom is 0.237 e. The van der Waals surface area contributed by atoms with Crippen LogP contribution in [0.2, 0.25) is 0 Å². The SMILES string of the molecule is C#CCC(C)NC(=O)C(C#N)CCC. The van der Waals surface area contributed by atoms with Crippen LogP contribution in [0.4, 0.5) is 0 Å². The molecular formula is C11H16N2O. The molecule has 0 aromatic heterocycles. The summed E-state index contributed by atoms with van der Waals surface area (Å²) < 4.78 is 0. The Balaban J connectivity index is 4.06. The number of carbonyl (C=O) groups excluding carboxylic acids is 1. The summed E-state index contributed by atoms with van der Waals surface area (Å²) in [5, 5.41) is 11.4. The van der Waals surface area contributed by atoms with Crippen LogP contribution in [-0.4, -0.2) is 11.9 Å². The number of rotatable bonds is 5. The summed E-state index contributed by atoms with van der Waals surface area (Å²) in [6.45, 7) is 3.78. The Kier molecular flexibility index (Phi) is 6.24. The van der Waals surface area contributed by atoms with Crippen molar-refractivity contribution in [1.29, 1.82) is 5.26 Å². The molecule has 3 nitrogen and oxygen atoms in total. The van der Waals surface area contributed by atoms with Gasteiger partial charge in [0.05, 0.1) is 6.07 Å². The van der Waals surface area contributed by atoms with Crippen LogP contribution in [-0.2, 0) is 4.79 Å². The van der Waals surface area contributed by atoms with Gasteiger partial charge in [-0.15, -0.1) is 12.3 Å². The summed E-state index contributed by atoms with van der Waals surface area (Å²) in [4.78, 5) is 11.4. The summed E-state index contributed by atoms with van der Waals surface area (Å²) >= 11 is 0. The van der Waals surface area contributed by atoms with Gasteiger partial charge in [0.15, 0.2) is 0 Å². The van der Waals surface area contributed by atoms with Gasteiger partial charge >= 0.3 is 0 Å². The lowest BCUT2D eigenvalue weighted by Gasteiger charge is -2.13. The quantitative estimate of drug-likeness (QED) is 0.670. The minimum atomic E-state index is -0.541. The molecule has 0 aliphatic rings. The molecule has 1 N–H and O–H groups in total. The van der Waals surface area contributed by atoms with Gasteiger partial charge in [0.2, 0.25) is 5.91 Å². The third-order valence-electron chi connectivity index (χ3n) is 1.86. The van der Waals surface area contributed by atoms with Crippen LogP contribution in [0.1, 0.15) is 33.1 Å². The van der Waals surface area contributed by atoms with Crippen LogP contribution in [0, 0.1) is 29.6 Å². The first-order valence-corrected chi connectivity index (χ1v) is 4.79. The topological polar surface area (TPSA) is 52.9 Å². The normalized spacial score (nSPS) is 13.4. The number of nitrogens with one attached hydrogen (secondary N) is 1. The van der Waals surface area contributed by atoms with Gasteiger partial charge in [0.1, 0.15) is 5.92 Å². The van der Waals surface area contributed by atoms with Gasteiger partial charge in [0, 0.05) is 12.5 Å². The van der Waals surface area contributed by atoms with E-state index in [-0.39, 0.29) is 11.9 Å². The molecule has 2 unspecified atom stereocenters. The van der Waals surface area contributed by atoms with Gasteiger partial charge in [-0.2, -0.15) is 5.26 Å². The van der Waals surface area contributed by atoms with Crippen molar-refractivity contribution in [2.45, 2.75) is 39.2 Å². The molecule has 14 heavy (non-hydrogen) atoms. The van der Waals surface area contributed by atoms with Crippen LogP contribution in [0.5, 0.6) is 0 Å². The molecule has 3 heteroatoms. The lowest BCUT2D eigenvalue weighted by atomic mass is 10.0. The van der Waals surface area contributed by atoms with E-state index in [4.69, 9.17) is 11.7 Å². The van der Waals surface area contributed by atoms with E-state index in [0.717, 1.165) is 6.42 Å². The highest BCUT2D eigenvalue weighted by atomic mass is 16.1. The van der Waals surface area contributed by atoms with Gasteiger partial charge < -0.3 is 5.32 Å². The zero-order valence-corrected chi connectivity index (χ0v) is 8.71. The molecule has 0 heterocycles. The van der Waals surface area contributed by atoms with E-state index in [1.165, 1.54) is 0 Å². The van der Waals surface area contributed by atoms with Crippen molar-refractivity contribution in [3.05, 3.63) is 0 Å². The first-order valence-electron chi connectivity index (χ1n) is 4.79. The number of hydrogen-bond acceptors (Lipinski definition) is 2. The third-order valence-corrected chi connectivity index (χ3v) is 1.86. The minimum absolute atomic E-state index is 0.0554. The van der Waals surface area contributed by atoms with E-state index in [2.05, 4.69) is 11.2 Å². The first kappa shape index (κ1) is 12.5. The number of amides is 1. The molecule has 1 amide bonds. The first-order chi connectivity index (χ1) is 6.65. The van der Waals surface area contributed by atoms with Crippen LogP contribution >= 0.6 is 0 Å². The second-order valence-corrected chi connectivity index (χ2v) is 3.29. The highest BCUT2D eigenvalue weighted by Crippen LogP contribution is 2.05. The van der Waals surface area contributed by atoms with Crippen LogP contribution in [0.3, 0.4) is 0 Å². The molecule has 0 radical (unpaired) electrons. The average Bonchev–Trinajstić information content (AvgIpc) is 2.14. The van der Waals surface area contributed by atoms with Crippen LogP contribution in [0.15, 0.2) is 0 Å². The Bertz CT molecular complexity index is 259. The van der Waals surface area contributed by atoms with Crippen molar-refractivity contribution >= 4 is 5.91 Å². The van der Waals surface area contributed by atoms with E-state index < -0.39 is 5.92 Å². The van der Waals surface area contributed by atoms with Gasteiger partial charge in [-0.1, -0.05) is 13.3 Å². The summed E-state index contributed by atoms with van der Waals surface area (Å²) in [6, 6.07) is 1.93. The molecule has 0 spiro atoms. The Morgan fingerprint density at radius 3 is 2.71 bits per heavy atom. The maximum atomic E-state index is 11.4. The number of nitriles is 1. The second-order valence-electron chi connectivity index (χ2n) is 3.29. The fraction of sp³-hybridized carbons (Fsp3) is 0.636. The molecule has 0 saturated carbocycles. The molecule has 0 rings (SSSR count). The van der Waals surface area contributed by atoms with Crippen molar-refractivity contribution in [2.24, 2.45) is 5.92 Å². The van der Waals surface area contributed by atoms with Crippen LogP contribution in [0.25, 0.3) is 0 Å². The molecule has 2 atom stereocenters. The third kappa shape index (κ3) is 4.52. The average molecular weight is 192 g/mol. The fourth-order valence-electron chi connectivity index (χ4n) is 1.11. The number of carbonyl (C=O) groups is 1. The molecule has 0 bridgehead atoms. The Morgan fingerprint density at radius 1 is 1.64 bits per heavy atom. The number of nitrogens with zero attached hydrogens (tertiary/aromatic N) is 1. The lowest BCUT2D eigenvalue weighted by Crippen LogP contribution is -2.36. The standard InChI is InChI=1S/C11H16N2O/c1-4-6-9(3)13-11(14)10(8-12)7-5-2/h1,9-10H,5-7H2,2-3H3,(H,13,14). The smallest absolute Gasteiger partial charge is 0.237 e. The van der Waals surface area contributed by atoms with Crippen LogP contribution < -0.4 is 5.32 Å². The lowest BCUT2D eigenvalue weighted by molar-refractivity contribution is -0.124. The van der Waals surface area contributed by atoms with Gasteiger partial charge in [-0.3, -0.25) is 4.79 Å². The zero-order chi connectivity index (χ0) is 11.0. The van der Waals surface area contributed by atoms with E-state index in [0.29, 0.717) is 12.8 Å². The van der Waals surface area contributed by atoms with Crippen molar-refractivity contribution in [3.8, 4) is 18.4 Å². The van der Waals surface area contributed by atoms with E-state index >= 15 is 0 Å². The fourth-order valence-corrected chi connectivity index (χ4v) is 1.11. The Morgan fingerprint density at radius 2 is 2.29 bits per heavy atom. The highest BCUT2D eigenvalue weighted by Gasteiger charge is 2.17. The second kappa shape index (κ2) is 6.97. The van der Waals surface area contributed by atoms with E-state index in [1.807, 2.05) is 19.9 Å². The van der Waals surface area contributed by atoms with Crippen molar-refractivity contribution in [1.82, 2.24) is 5.32 Å². The summed E-state index contributed by atoms with van der Waals surface area (Å²) in [6.07, 6.45) is 7.03. The monoisotopic (exact) mass is 192 g/mol. The van der Waals surface area contributed by atoms with Gasteiger partial charge in [0.25, 0.3) is 0 Å².